The van der Waals surface area contributed by atoms with Gasteiger partial charge in [0, 0.05) is 56.4 Å². The molecule has 1 aliphatic rings. The van der Waals surface area contributed by atoms with Crippen LogP contribution >= 0.6 is 0 Å². The normalized spacial score (nSPS) is 19.8. The van der Waals surface area contributed by atoms with Crippen molar-refractivity contribution in [2.24, 2.45) is 0 Å². The van der Waals surface area contributed by atoms with Gasteiger partial charge in [-0.15, -0.1) is 0 Å². The van der Waals surface area contributed by atoms with E-state index in [4.69, 9.17) is 14.2 Å². The molecular formula is C24H21N3O6. The molecule has 0 aliphatic heterocycles. The lowest BCUT2D eigenvalue weighted by Crippen LogP contribution is -2.40. The molecule has 0 bridgehead atoms. The SMILES string of the molecule is O=C(OC1CC(OC(=O)c2ccncc2)CC(OC(=O)c2ccncc2)C1)c1ccncc1. The van der Waals surface area contributed by atoms with E-state index in [1.165, 1.54) is 37.2 Å². The van der Waals surface area contributed by atoms with E-state index in [2.05, 4.69) is 15.0 Å². The van der Waals surface area contributed by atoms with Crippen LogP contribution in [0.5, 0.6) is 0 Å². The second-order valence-electron chi connectivity index (χ2n) is 7.50. The molecule has 3 aromatic rings. The summed E-state index contributed by atoms with van der Waals surface area (Å²) in [7, 11) is 0. The summed E-state index contributed by atoms with van der Waals surface area (Å²) in [6, 6.07) is 9.29. The summed E-state index contributed by atoms with van der Waals surface area (Å²) in [4.78, 5) is 49.3. The molecule has 9 heteroatoms. The second-order valence-corrected chi connectivity index (χ2v) is 7.50. The Balaban J connectivity index is 1.46. The number of nitrogens with zero attached hydrogens (tertiary/aromatic N) is 3. The number of carbonyl (C=O) groups excluding carboxylic acids is 3. The van der Waals surface area contributed by atoms with E-state index >= 15 is 0 Å². The zero-order valence-electron chi connectivity index (χ0n) is 17.6. The van der Waals surface area contributed by atoms with Crippen LogP contribution in [0.4, 0.5) is 0 Å². The topological polar surface area (TPSA) is 118 Å². The third kappa shape index (κ3) is 5.97. The van der Waals surface area contributed by atoms with E-state index in [1.54, 1.807) is 36.4 Å². The number of hydrogen-bond donors (Lipinski definition) is 0. The summed E-state index contributed by atoms with van der Waals surface area (Å²) in [5.41, 5.74) is 1.06. The maximum absolute atomic E-state index is 12.5. The molecule has 0 radical (unpaired) electrons. The predicted molar refractivity (Wildman–Crippen MR) is 114 cm³/mol. The molecular weight excluding hydrogens is 426 g/mol. The third-order valence-electron chi connectivity index (χ3n) is 5.15. The van der Waals surface area contributed by atoms with Gasteiger partial charge < -0.3 is 14.2 Å². The van der Waals surface area contributed by atoms with Gasteiger partial charge in [0.25, 0.3) is 0 Å². The van der Waals surface area contributed by atoms with Crippen LogP contribution in [-0.4, -0.2) is 51.2 Å². The molecule has 33 heavy (non-hydrogen) atoms. The van der Waals surface area contributed by atoms with Crippen LogP contribution in [0.3, 0.4) is 0 Å². The zero-order valence-corrected chi connectivity index (χ0v) is 17.6. The van der Waals surface area contributed by atoms with E-state index in [0.717, 1.165) is 0 Å². The highest BCUT2D eigenvalue weighted by Crippen LogP contribution is 2.28. The summed E-state index contributed by atoms with van der Waals surface area (Å²) >= 11 is 0. The minimum absolute atomic E-state index is 0.289. The van der Waals surface area contributed by atoms with Crippen LogP contribution in [0.15, 0.2) is 73.6 Å². The Morgan fingerprint density at radius 3 is 1.00 bits per heavy atom. The van der Waals surface area contributed by atoms with Gasteiger partial charge in [-0.25, -0.2) is 14.4 Å². The number of carbonyl (C=O) groups is 3. The summed E-state index contributed by atoms with van der Waals surface area (Å²) in [6.45, 7) is 0. The lowest BCUT2D eigenvalue weighted by molar-refractivity contribution is -0.0587. The summed E-state index contributed by atoms with van der Waals surface area (Å²) < 4.78 is 16.9. The first kappa shape index (κ1) is 22.1. The number of aromatic nitrogens is 3. The van der Waals surface area contributed by atoms with Gasteiger partial charge in [-0.05, 0) is 36.4 Å². The maximum atomic E-state index is 12.5. The smallest absolute Gasteiger partial charge is 0.338 e. The van der Waals surface area contributed by atoms with Crippen LogP contribution in [0, 0.1) is 0 Å². The van der Waals surface area contributed by atoms with Crippen molar-refractivity contribution in [1.82, 2.24) is 15.0 Å². The van der Waals surface area contributed by atoms with Crippen LogP contribution in [0.2, 0.25) is 0 Å². The van der Waals surface area contributed by atoms with Gasteiger partial charge in [0.15, 0.2) is 0 Å². The van der Waals surface area contributed by atoms with Crippen molar-refractivity contribution in [2.75, 3.05) is 0 Å². The molecule has 168 valence electrons. The van der Waals surface area contributed by atoms with Crippen LogP contribution in [-0.2, 0) is 14.2 Å². The fraction of sp³-hybridized carbons (Fsp3) is 0.250. The van der Waals surface area contributed by atoms with Gasteiger partial charge in [-0.1, -0.05) is 0 Å². The standard InChI is InChI=1S/C24H21N3O6/c28-22(16-1-7-25-8-2-16)31-19-13-20(32-23(29)17-3-9-26-10-4-17)15-21(14-19)33-24(30)18-5-11-27-12-6-18/h1-12,19-21H,13-15H2. The molecule has 3 aromatic heterocycles. The Labute approximate surface area is 189 Å². The van der Waals surface area contributed by atoms with Crippen LogP contribution in [0.1, 0.15) is 50.3 Å². The van der Waals surface area contributed by atoms with Gasteiger partial charge in [0.2, 0.25) is 0 Å². The summed E-state index contributed by atoms with van der Waals surface area (Å²) in [5.74, 6) is -1.58. The minimum atomic E-state index is -0.607. The quantitative estimate of drug-likeness (QED) is 0.415. The third-order valence-corrected chi connectivity index (χ3v) is 5.15. The van der Waals surface area contributed by atoms with Gasteiger partial charge in [0.05, 0.1) is 16.7 Å². The van der Waals surface area contributed by atoms with E-state index < -0.39 is 36.2 Å². The first-order chi connectivity index (χ1) is 16.1. The number of pyridine rings is 3. The largest absolute Gasteiger partial charge is 0.458 e. The van der Waals surface area contributed by atoms with Crippen molar-refractivity contribution in [3.8, 4) is 0 Å². The summed E-state index contributed by atoms with van der Waals surface area (Å²) in [5, 5.41) is 0. The number of rotatable bonds is 6. The highest BCUT2D eigenvalue weighted by molar-refractivity contribution is 5.90. The molecule has 1 saturated carbocycles. The first-order valence-electron chi connectivity index (χ1n) is 10.4. The Kier molecular flexibility index (Phi) is 6.99. The van der Waals surface area contributed by atoms with E-state index in [0.29, 0.717) is 16.7 Å². The molecule has 9 nitrogen and oxygen atoms in total. The Morgan fingerprint density at radius 1 is 0.515 bits per heavy atom. The minimum Gasteiger partial charge on any atom is -0.458 e. The molecule has 0 amide bonds. The molecule has 0 spiro atoms. The van der Waals surface area contributed by atoms with Crippen LogP contribution < -0.4 is 0 Å². The molecule has 4 rings (SSSR count). The van der Waals surface area contributed by atoms with Crippen LogP contribution in [0.25, 0.3) is 0 Å². The van der Waals surface area contributed by atoms with Crippen molar-refractivity contribution in [3.63, 3.8) is 0 Å². The summed E-state index contributed by atoms with van der Waals surface area (Å²) in [6.07, 6.45) is 8.02. The molecule has 0 N–H and O–H groups in total. The molecule has 0 unspecified atom stereocenters. The van der Waals surface area contributed by atoms with Crippen molar-refractivity contribution in [3.05, 3.63) is 90.3 Å². The first-order valence-corrected chi connectivity index (χ1v) is 10.4. The molecule has 3 heterocycles. The molecule has 0 atom stereocenters. The van der Waals surface area contributed by atoms with Crippen molar-refractivity contribution < 1.29 is 28.6 Å². The Morgan fingerprint density at radius 2 is 0.758 bits per heavy atom. The van der Waals surface area contributed by atoms with Gasteiger partial charge >= 0.3 is 17.9 Å². The molecule has 0 saturated heterocycles. The number of esters is 3. The van der Waals surface area contributed by atoms with Crippen molar-refractivity contribution in [2.45, 2.75) is 37.6 Å². The maximum Gasteiger partial charge on any atom is 0.338 e. The highest BCUT2D eigenvalue weighted by Gasteiger charge is 2.36. The monoisotopic (exact) mass is 447 g/mol. The average molecular weight is 447 g/mol. The highest BCUT2D eigenvalue weighted by atomic mass is 16.6. The predicted octanol–water partition coefficient (Wildman–Crippen LogP) is 3.03. The van der Waals surface area contributed by atoms with Gasteiger partial charge in [0.1, 0.15) is 18.3 Å². The lowest BCUT2D eigenvalue weighted by atomic mass is 9.92. The number of ether oxygens (including phenoxy) is 3. The fourth-order valence-corrected chi connectivity index (χ4v) is 3.58. The number of hydrogen-bond acceptors (Lipinski definition) is 9. The zero-order chi connectivity index (χ0) is 23.0. The van der Waals surface area contributed by atoms with E-state index in [9.17, 15) is 14.4 Å². The molecule has 1 aliphatic carbocycles. The van der Waals surface area contributed by atoms with Crippen molar-refractivity contribution >= 4 is 17.9 Å². The average Bonchev–Trinajstić information content (AvgIpc) is 2.85. The lowest BCUT2D eigenvalue weighted by Gasteiger charge is -2.33. The second kappa shape index (κ2) is 10.4. The van der Waals surface area contributed by atoms with E-state index in [-0.39, 0.29) is 19.3 Å². The Hall–Kier alpha value is -4.14. The van der Waals surface area contributed by atoms with Gasteiger partial charge in [-0.2, -0.15) is 0 Å². The molecule has 1 fully saturated rings. The van der Waals surface area contributed by atoms with E-state index in [1.807, 2.05) is 0 Å². The molecule has 0 aromatic carbocycles. The fourth-order valence-electron chi connectivity index (χ4n) is 3.58. The Bertz CT molecular complexity index is 947. The van der Waals surface area contributed by atoms with Gasteiger partial charge in [-0.3, -0.25) is 15.0 Å². The van der Waals surface area contributed by atoms with Crippen molar-refractivity contribution in [1.29, 1.82) is 0 Å².